The predicted octanol–water partition coefficient (Wildman–Crippen LogP) is -1.82. The second-order valence-corrected chi connectivity index (χ2v) is 1.66. The van der Waals surface area contributed by atoms with E-state index in [1.54, 1.807) is 6.20 Å². The Morgan fingerprint density at radius 3 is 1.64 bits per heavy atom. The third-order valence-electron chi connectivity index (χ3n) is 0.347. The van der Waals surface area contributed by atoms with Crippen molar-refractivity contribution in [2.75, 3.05) is 0 Å². The molecule has 14 heavy (non-hydrogen) atoms. The molecule has 0 amide bonds. The van der Waals surface area contributed by atoms with E-state index in [2.05, 4.69) is 9.40 Å². The molecule has 0 saturated heterocycles. The molecule has 0 atom stereocenters. The largest absolute Gasteiger partial charge is 2.00 e. The van der Waals surface area contributed by atoms with Crippen LogP contribution < -0.4 is 10.2 Å². The summed E-state index contributed by atoms with van der Waals surface area (Å²) in [6, 6.07) is 0. The van der Waals surface area contributed by atoms with Crippen LogP contribution in [0.3, 0.4) is 0 Å². The number of rotatable bonds is 0. The van der Waals surface area contributed by atoms with Gasteiger partial charge in [-0.25, -0.2) is 4.98 Å². The minimum atomic E-state index is -1.08. The molecule has 1 heterocycles. The monoisotopic (exact) mass is 293 g/mol. The van der Waals surface area contributed by atoms with Crippen molar-refractivity contribution >= 4 is 11.9 Å². The zero-order valence-electron chi connectivity index (χ0n) is 7.54. The number of oxazole rings is 1. The summed E-state index contributed by atoms with van der Waals surface area (Å²) in [5.41, 5.74) is 0. The Morgan fingerprint density at radius 1 is 1.21 bits per heavy atom. The van der Waals surface area contributed by atoms with Crippen molar-refractivity contribution < 1.29 is 44.6 Å². The normalized spacial score (nSPS) is 6.43. The van der Waals surface area contributed by atoms with Crippen molar-refractivity contribution in [3.8, 4) is 0 Å². The second kappa shape index (κ2) is 14.3. The number of carboxylic acids is 2. The number of carbonyl (C=O) groups is 2. The van der Waals surface area contributed by atoms with Crippen LogP contribution in [0.1, 0.15) is 13.8 Å². The summed E-state index contributed by atoms with van der Waals surface area (Å²) in [6.45, 7) is 1.94. The topological polar surface area (TPSA) is 106 Å². The number of hydrogen-bond donors (Lipinski definition) is 0. The van der Waals surface area contributed by atoms with Crippen molar-refractivity contribution in [3.63, 3.8) is 0 Å². The molecule has 0 aliphatic carbocycles. The molecule has 1 aromatic rings. The van der Waals surface area contributed by atoms with E-state index < -0.39 is 11.9 Å². The van der Waals surface area contributed by atoms with Gasteiger partial charge < -0.3 is 24.2 Å². The fourth-order valence-corrected chi connectivity index (χ4v) is 0.176. The number of carbonyl (C=O) groups excluding carboxylic acids is 2. The molecule has 82 valence electrons. The van der Waals surface area contributed by atoms with E-state index in [1.165, 1.54) is 12.7 Å². The molecule has 7 heteroatoms. The Kier molecular flexibility index (Phi) is 19.0. The number of nitrogens with zero attached hydrogens (tertiary/aromatic N) is 1. The van der Waals surface area contributed by atoms with Gasteiger partial charge in [-0.1, -0.05) is 0 Å². The van der Waals surface area contributed by atoms with Crippen LogP contribution in [-0.4, -0.2) is 16.9 Å². The van der Waals surface area contributed by atoms with Crippen LogP contribution in [-0.2, 0) is 30.0 Å². The average Bonchev–Trinajstić information content (AvgIpc) is 2.35. The zero-order chi connectivity index (χ0) is 10.7. The molecule has 0 aliphatic rings. The van der Waals surface area contributed by atoms with Gasteiger partial charge in [-0.3, -0.25) is 0 Å². The molecular weight excluding hydrogens is 284 g/mol. The number of aliphatic carboxylic acids is 2. The Labute approximate surface area is 94.6 Å². The van der Waals surface area contributed by atoms with Gasteiger partial charge in [-0.15, -0.1) is 0 Å². The summed E-state index contributed by atoms with van der Waals surface area (Å²) in [7, 11) is 0. The smallest absolute Gasteiger partial charge is 0.550 e. The first-order chi connectivity index (χ1) is 5.96. The maximum absolute atomic E-state index is 8.89. The van der Waals surface area contributed by atoms with Crippen LogP contribution in [0.4, 0.5) is 0 Å². The summed E-state index contributed by atoms with van der Waals surface area (Å²) >= 11 is 0. The maximum atomic E-state index is 8.89. The minimum Gasteiger partial charge on any atom is -0.550 e. The summed E-state index contributed by atoms with van der Waals surface area (Å²) in [5, 5.41) is 17.8. The maximum Gasteiger partial charge on any atom is 2.00 e. The van der Waals surface area contributed by atoms with E-state index in [0.717, 1.165) is 13.8 Å². The molecule has 0 fully saturated rings. The van der Waals surface area contributed by atoms with Gasteiger partial charge in [0.05, 0.1) is 6.20 Å². The van der Waals surface area contributed by atoms with E-state index in [4.69, 9.17) is 19.8 Å². The molecule has 0 bridgehead atoms. The zero-order valence-corrected chi connectivity index (χ0v) is 9.09. The first-order valence-corrected chi connectivity index (χ1v) is 3.14. The molecule has 0 saturated carbocycles. The summed E-state index contributed by atoms with van der Waals surface area (Å²) in [4.78, 5) is 21.3. The predicted molar refractivity (Wildman–Crippen MR) is 37.9 cm³/mol. The molecular formula is C7H9NO5Pd. The second-order valence-electron chi connectivity index (χ2n) is 1.66. The Balaban J connectivity index is -0.000000127. The van der Waals surface area contributed by atoms with Crippen molar-refractivity contribution in [1.29, 1.82) is 0 Å². The van der Waals surface area contributed by atoms with Crippen LogP contribution >= 0.6 is 0 Å². The van der Waals surface area contributed by atoms with Crippen molar-refractivity contribution in [2.24, 2.45) is 0 Å². The molecule has 0 aliphatic heterocycles. The fraction of sp³-hybridized carbons (Fsp3) is 0.286. The van der Waals surface area contributed by atoms with Gasteiger partial charge >= 0.3 is 20.4 Å². The summed E-state index contributed by atoms with van der Waals surface area (Å²) in [5.74, 6) is -2.17. The molecule has 1 aromatic heterocycles. The number of aromatic nitrogens is 1. The quantitative estimate of drug-likeness (QED) is 0.522. The van der Waals surface area contributed by atoms with E-state index in [9.17, 15) is 0 Å². The van der Waals surface area contributed by atoms with Gasteiger partial charge in [0.15, 0.2) is 6.39 Å². The molecule has 0 aromatic carbocycles. The molecule has 1 rings (SSSR count). The molecule has 0 unspecified atom stereocenters. The van der Waals surface area contributed by atoms with Crippen LogP contribution in [0.15, 0.2) is 23.3 Å². The van der Waals surface area contributed by atoms with E-state index in [0.29, 0.717) is 0 Å². The van der Waals surface area contributed by atoms with Gasteiger partial charge in [-0.2, -0.15) is 0 Å². The molecule has 0 N–H and O–H groups in total. The van der Waals surface area contributed by atoms with Crippen molar-refractivity contribution in [1.82, 2.24) is 4.98 Å². The van der Waals surface area contributed by atoms with Crippen LogP contribution in [0.2, 0.25) is 0 Å². The Hall–Kier alpha value is -1.19. The van der Waals surface area contributed by atoms with Gasteiger partial charge in [0.1, 0.15) is 6.26 Å². The number of hydrogen-bond acceptors (Lipinski definition) is 6. The molecule has 0 radical (unpaired) electrons. The number of carboxylic acid groups (broad SMARTS) is 2. The third-order valence-corrected chi connectivity index (χ3v) is 0.347. The van der Waals surface area contributed by atoms with Crippen molar-refractivity contribution in [3.05, 3.63) is 18.9 Å². The van der Waals surface area contributed by atoms with E-state index in [1.807, 2.05) is 0 Å². The first kappa shape index (κ1) is 18.6. The fourth-order valence-electron chi connectivity index (χ4n) is 0.176. The van der Waals surface area contributed by atoms with Gasteiger partial charge in [-0.05, 0) is 13.8 Å². The van der Waals surface area contributed by atoms with Crippen LogP contribution in [0.25, 0.3) is 0 Å². The van der Waals surface area contributed by atoms with Crippen LogP contribution in [0, 0.1) is 0 Å². The molecule has 0 spiro atoms. The Bertz CT molecular complexity index is 187. The SMILES string of the molecule is CC(=O)[O-].CC(=O)[O-].[Pd+2].c1cocn1. The summed E-state index contributed by atoms with van der Waals surface area (Å²) < 4.78 is 4.47. The Morgan fingerprint density at radius 2 is 1.57 bits per heavy atom. The summed E-state index contributed by atoms with van der Waals surface area (Å²) in [6.07, 6.45) is 4.47. The van der Waals surface area contributed by atoms with E-state index in [-0.39, 0.29) is 20.4 Å². The van der Waals surface area contributed by atoms with Gasteiger partial charge in [0.2, 0.25) is 0 Å². The van der Waals surface area contributed by atoms with Gasteiger partial charge in [0.25, 0.3) is 0 Å². The average molecular weight is 294 g/mol. The minimum absolute atomic E-state index is 0. The third kappa shape index (κ3) is 71.6. The first-order valence-electron chi connectivity index (χ1n) is 3.14. The molecule has 6 nitrogen and oxygen atoms in total. The van der Waals surface area contributed by atoms with E-state index >= 15 is 0 Å². The standard InChI is InChI=1S/C3H3NO.2C2H4O2.Pd/c1-2-5-3-4-1;2*1-2(3)4;/h1-3H;2*1H3,(H,3,4);/q;;;+2/p-2. The van der Waals surface area contributed by atoms with Crippen molar-refractivity contribution in [2.45, 2.75) is 13.8 Å². The van der Waals surface area contributed by atoms with Crippen LogP contribution in [0.5, 0.6) is 0 Å². The van der Waals surface area contributed by atoms with Gasteiger partial charge in [0, 0.05) is 11.9 Å².